The van der Waals surface area contributed by atoms with Gasteiger partial charge in [0, 0.05) is 43.5 Å². The third-order valence-corrected chi connectivity index (χ3v) is 5.24. The average molecular weight is 357 g/mol. The smallest absolute Gasteiger partial charge is 0.255 e. The molecule has 5 nitrogen and oxygen atoms in total. The van der Waals surface area contributed by atoms with Crippen LogP contribution in [0.4, 0.5) is 0 Å². The highest BCUT2D eigenvalue weighted by atomic mass is 32.2. The van der Waals surface area contributed by atoms with Crippen LogP contribution in [-0.2, 0) is 11.2 Å². The van der Waals surface area contributed by atoms with Gasteiger partial charge in [-0.1, -0.05) is 12.1 Å². The zero-order valence-electron chi connectivity index (χ0n) is 14.4. The molecule has 0 bridgehead atoms. The molecule has 2 amide bonds. The number of hydrogen-bond acceptors (Lipinski definition) is 3. The molecule has 2 aromatic rings. The summed E-state index contributed by atoms with van der Waals surface area (Å²) in [4.78, 5) is 32.9. The van der Waals surface area contributed by atoms with Crippen LogP contribution in [0, 0.1) is 0 Å². The van der Waals surface area contributed by atoms with Gasteiger partial charge in [-0.3, -0.25) is 9.59 Å². The number of aromatic amines is 1. The molecule has 1 aromatic carbocycles. The summed E-state index contributed by atoms with van der Waals surface area (Å²) < 4.78 is 0. The summed E-state index contributed by atoms with van der Waals surface area (Å²) in [7, 11) is 0. The molecule has 0 atom stereocenters. The lowest BCUT2D eigenvalue weighted by molar-refractivity contribution is -0.130. The highest BCUT2D eigenvalue weighted by molar-refractivity contribution is 7.98. The second-order valence-corrected chi connectivity index (χ2v) is 7.03. The summed E-state index contributed by atoms with van der Waals surface area (Å²) in [6.07, 6.45) is 6.74. The Kier molecular flexibility index (Phi) is 5.81. The molecule has 1 N–H and O–H groups in total. The summed E-state index contributed by atoms with van der Waals surface area (Å²) in [6, 6.07) is 9.92. The second-order valence-electron chi connectivity index (χ2n) is 6.15. The van der Waals surface area contributed by atoms with Crippen LogP contribution in [0.2, 0.25) is 0 Å². The first-order valence-corrected chi connectivity index (χ1v) is 9.72. The third kappa shape index (κ3) is 4.45. The van der Waals surface area contributed by atoms with E-state index < -0.39 is 0 Å². The molecule has 1 fully saturated rings. The number of carbonyl (C=O) groups excluding carboxylic acids is 2. The van der Waals surface area contributed by atoms with Crippen molar-refractivity contribution in [3.8, 4) is 0 Å². The molecule has 132 valence electrons. The lowest BCUT2D eigenvalue weighted by atomic mass is 10.1. The van der Waals surface area contributed by atoms with E-state index in [0.717, 1.165) is 12.0 Å². The van der Waals surface area contributed by atoms with Gasteiger partial charge in [0.15, 0.2) is 0 Å². The minimum Gasteiger partial charge on any atom is -0.367 e. The topological polar surface area (TPSA) is 56.4 Å². The summed E-state index contributed by atoms with van der Waals surface area (Å²) in [5, 5.41) is 0. The summed E-state index contributed by atoms with van der Waals surface area (Å²) in [5.41, 5.74) is 1.71. The van der Waals surface area contributed by atoms with Crippen molar-refractivity contribution >= 4 is 23.6 Å². The SMILES string of the molecule is CSc1ccc(CC(=O)N2CCCN(C(=O)c3cc[nH]c3)CC2)cc1. The number of nitrogens with zero attached hydrogens (tertiary/aromatic N) is 2. The number of nitrogens with one attached hydrogen (secondary N) is 1. The van der Waals surface area contributed by atoms with Crippen LogP contribution in [-0.4, -0.2) is 59.0 Å². The van der Waals surface area contributed by atoms with Gasteiger partial charge in [0.1, 0.15) is 0 Å². The molecule has 25 heavy (non-hydrogen) atoms. The number of hydrogen-bond donors (Lipinski definition) is 1. The van der Waals surface area contributed by atoms with Crippen molar-refractivity contribution in [2.45, 2.75) is 17.7 Å². The molecule has 0 saturated carbocycles. The zero-order valence-corrected chi connectivity index (χ0v) is 15.2. The van der Waals surface area contributed by atoms with E-state index in [1.807, 2.05) is 40.3 Å². The van der Waals surface area contributed by atoms with Gasteiger partial charge in [0.25, 0.3) is 5.91 Å². The Morgan fingerprint density at radius 1 is 1.04 bits per heavy atom. The van der Waals surface area contributed by atoms with Crippen molar-refractivity contribution in [2.75, 3.05) is 32.4 Å². The van der Waals surface area contributed by atoms with Crippen molar-refractivity contribution in [1.82, 2.24) is 14.8 Å². The van der Waals surface area contributed by atoms with Crippen LogP contribution < -0.4 is 0 Å². The number of rotatable bonds is 4. The van der Waals surface area contributed by atoms with Gasteiger partial charge in [-0.05, 0) is 36.4 Å². The third-order valence-electron chi connectivity index (χ3n) is 4.50. The molecule has 0 radical (unpaired) electrons. The average Bonchev–Trinajstić information content (AvgIpc) is 3.06. The van der Waals surface area contributed by atoms with Crippen LogP contribution in [0.15, 0.2) is 47.6 Å². The maximum Gasteiger partial charge on any atom is 0.255 e. The second kappa shape index (κ2) is 8.25. The van der Waals surface area contributed by atoms with Crippen LogP contribution in [0.25, 0.3) is 0 Å². The van der Waals surface area contributed by atoms with Gasteiger partial charge in [0.2, 0.25) is 5.91 Å². The quantitative estimate of drug-likeness (QED) is 0.856. The van der Waals surface area contributed by atoms with Crippen LogP contribution >= 0.6 is 11.8 Å². The van der Waals surface area contributed by atoms with Crippen LogP contribution in [0.3, 0.4) is 0 Å². The molecule has 0 spiro atoms. The number of benzene rings is 1. The number of H-pyrrole nitrogens is 1. The molecule has 1 saturated heterocycles. The van der Waals surface area contributed by atoms with E-state index in [9.17, 15) is 9.59 Å². The Morgan fingerprint density at radius 3 is 2.44 bits per heavy atom. The molecule has 0 aliphatic carbocycles. The molecule has 1 aliphatic heterocycles. The van der Waals surface area contributed by atoms with Gasteiger partial charge in [-0.15, -0.1) is 11.8 Å². The fourth-order valence-corrected chi connectivity index (χ4v) is 3.45. The fraction of sp³-hybridized carbons (Fsp3) is 0.368. The first kappa shape index (κ1) is 17.6. The van der Waals surface area contributed by atoms with E-state index in [-0.39, 0.29) is 11.8 Å². The molecular formula is C19H23N3O2S. The van der Waals surface area contributed by atoms with Gasteiger partial charge >= 0.3 is 0 Å². The van der Waals surface area contributed by atoms with Gasteiger partial charge < -0.3 is 14.8 Å². The summed E-state index contributed by atoms with van der Waals surface area (Å²) in [6.45, 7) is 2.58. The van der Waals surface area contributed by atoms with Crippen molar-refractivity contribution in [1.29, 1.82) is 0 Å². The van der Waals surface area contributed by atoms with E-state index in [1.54, 1.807) is 30.2 Å². The molecular weight excluding hydrogens is 334 g/mol. The van der Waals surface area contributed by atoms with E-state index in [4.69, 9.17) is 0 Å². The van der Waals surface area contributed by atoms with Crippen molar-refractivity contribution in [2.24, 2.45) is 0 Å². The molecule has 0 unspecified atom stereocenters. The summed E-state index contributed by atoms with van der Waals surface area (Å²) >= 11 is 1.69. The van der Waals surface area contributed by atoms with E-state index in [1.165, 1.54) is 4.90 Å². The van der Waals surface area contributed by atoms with E-state index >= 15 is 0 Å². The maximum atomic E-state index is 12.6. The minimum absolute atomic E-state index is 0.0307. The van der Waals surface area contributed by atoms with Crippen molar-refractivity contribution in [3.05, 3.63) is 53.9 Å². The lowest BCUT2D eigenvalue weighted by Crippen LogP contribution is -2.37. The highest BCUT2D eigenvalue weighted by Gasteiger charge is 2.23. The Balaban J connectivity index is 1.56. The van der Waals surface area contributed by atoms with E-state index in [2.05, 4.69) is 4.98 Å². The molecule has 6 heteroatoms. The lowest BCUT2D eigenvalue weighted by Gasteiger charge is -2.22. The predicted octanol–water partition coefficient (Wildman–Crippen LogP) is 2.65. The zero-order chi connectivity index (χ0) is 17.6. The van der Waals surface area contributed by atoms with E-state index in [0.29, 0.717) is 38.2 Å². The Labute approximate surface area is 152 Å². The predicted molar refractivity (Wildman–Crippen MR) is 99.8 cm³/mol. The Bertz CT molecular complexity index is 713. The minimum atomic E-state index is 0.0307. The normalized spacial score (nSPS) is 15.1. The molecule has 3 rings (SSSR count). The molecule has 1 aromatic heterocycles. The van der Waals surface area contributed by atoms with Gasteiger partial charge in [-0.25, -0.2) is 0 Å². The fourth-order valence-electron chi connectivity index (χ4n) is 3.04. The molecule has 1 aliphatic rings. The Hall–Kier alpha value is -2.21. The molecule has 2 heterocycles. The van der Waals surface area contributed by atoms with Gasteiger partial charge in [0.05, 0.1) is 12.0 Å². The van der Waals surface area contributed by atoms with Crippen molar-refractivity contribution in [3.63, 3.8) is 0 Å². The maximum absolute atomic E-state index is 12.6. The highest BCUT2D eigenvalue weighted by Crippen LogP contribution is 2.16. The van der Waals surface area contributed by atoms with Crippen LogP contribution in [0.5, 0.6) is 0 Å². The number of thioether (sulfide) groups is 1. The number of aromatic nitrogens is 1. The first-order valence-electron chi connectivity index (χ1n) is 8.50. The summed E-state index contributed by atoms with van der Waals surface area (Å²) in [5.74, 6) is 0.163. The monoisotopic (exact) mass is 357 g/mol. The van der Waals surface area contributed by atoms with Gasteiger partial charge in [-0.2, -0.15) is 0 Å². The number of carbonyl (C=O) groups is 2. The standard InChI is InChI=1S/C19H23N3O2S/c1-25-17-5-3-15(4-6-17)13-18(23)21-9-2-10-22(12-11-21)19(24)16-7-8-20-14-16/h3-8,14,20H,2,9-13H2,1H3. The van der Waals surface area contributed by atoms with Crippen LogP contribution in [0.1, 0.15) is 22.3 Å². The largest absolute Gasteiger partial charge is 0.367 e. The Morgan fingerprint density at radius 2 is 1.76 bits per heavy atom. The first-order chi connectivity index (χ1) is 12.2. The number of amides is 2. The van der Waals surface area contributed by atoms with Crippen molar-refractivity contribution < 1.29 is 9.59 Å².